The Labute approximate surface area is 131 Å². The molecular weight excluding hydrogens is 280 g/mol. The molecule has 0 aliphatic carbocycles. The maximum Gasteiger partial charge on any atom is 0.0455 e. The number of halogens is 1. The lowest BCUT2D eigenvalue weighted by Gasteiger charge is -2.27. The number of fused-ring (bicyclic) bond motifs is 1. The Kier molecular flexibility index (Phi) is 4.47. The first-order valence-electron chi connectivity index (χ1n) is 7.57. The summed E-state index contributed by atoms with van der Waals surface area (Å²) in [6, 6.07) is 17.3. The van der Waals surface area contributed by atoms with E-state index < -0.39 is 0 Å². The van der Waals surface area contributed by atoms with Gasteiger partial charge in [-0.2, -0.15) is 0 Å². The molecule has 2 aromatic rings. The molecule has 1 aliphatic rings. The monoisotopic (exact) mass is 300 g/mol. The minimum Gasteiger partial charge on any atom is -0.365 e. The zero-order chi connectivity index (χ0) is 14.7. The van der Waals surface area contributed by atoms with Gasteiger partial charge in [0.1, 0.15) is 0 Å². The van der Waals surface area contributed by atoms with Crippen LogP contribution in [0.2, 0.25) is 5.02 Å². The molecule has 1 heterocycles. The molecule has 2 nitrogen and oxygen atoms in total. The molecule has 1 aliphatic heterocycles. The number of nitrogens with one attached hydrogen (secondary N) is 1. The first-order valence-corrected chi connectivity index (χ1v) is 7.95. The molecule has 0 saturated heterocycles. The molecule has 0 fully saturated rings. The van der Waals surface area contributed by atoms with Crippen LogP contribution >= 0.6 is 11.6 Å². The quantitative estimate of drug-likeness (QED) is 0.912. The first kappa shape index (κ1) is 14.4. The topological polar surface area (TPSA) is 15.3 Å². The molecule has 0 radical (unpaired) electrons. The van der Waals surface area contributed by atoms with Gasteiger partial charge in [-0.1, -0.05) is 54.9 Å². The highest BCUT2D eigenvalue weighted by Gasteiger charge is 2.20. The maximum atomic E-state index is 6.34. The molecule has 0 bridgehead atoms. The molecule has 1 unspecified atom stereocenters. The minimum absolute atomic E-state index is 0.514. The van der Waals surface area contributed by atoms with Crippen LogP contribution in [0.4, 0.5) is 5.69 Å². The maximum absolute atomic E-state index is 6.34. The second-order valence-electron chi connectivity index (χ2n) is 5.59. The average Bonchev–Trinajstić information content (AvgIpc) is 2.69. The minimum atomic E-state index is 0.514. The Morgan fingerprint density at radius 3 is 2.71 bits per heavy atom. The van der Waals surface area contributed by atoms with Crippen molar-refractivity contribution in [1.29, 1.82) is 0 Å². The van der Waals surface area contributed by atoms with Gasteiger partial charge in [0.25, 0.3) is 0 Å². The van der Waals surface area contributed by atoms with Gasteiger partial charge in [0.15, 0.2) is 0 Å². The number of rotatable bonds is 3. The van der Waals surface area contributed by atoms with Gasteiger partial charge in [-0.05, 0) is 29.7 Å². The molecule has 0 aromatic heterocycles. The van der Waals surface area contributed by atoms with E-state index in [2.05, 4.69) is 53.5 Å². The number of anilines is 1. The number of benzene rings is 2. The van der Waals surface area contributed by atoms with Crippen molar-refractivity contribution < 1.29 is 0 Å². The number of hydrogen-bond acceptors (Lipinski definition) is 2. The molecule has 2 aromatic carbocycles. The van der Waals surface area contributed by atoms with Crippen LogP contribution < -0.4 is 10.2 Å². The zero-order valence-electron chi connectivity index (χ0n) is 12.3. The van der Waals surface area contributed by atoms with Crippen molar-refractivity contribution in [2.24, 2.45) is 0 Å². The zero-order valence-corrected chi connectivity index (χ0v) is 13.1. The predicted molar refractivity (Wildman–Crippen MR) is 89.9 cm³/mol. The van der Waals surface area contributed by atoms with Crippen LogP contribution in [0.15, 0.2) is 48.5 Å². The van der Waals surface area contributed by atoms with Crippen LogP contribution in [0.1, 0.15) is 24.5 Å². The van der Waals surface area contributed by atoms with E-state index in [1.807, 2.05) is 12.1 Å². The number of para-hydroxylation sites is 1. The van der Waals surface area contributed by atoms with Crippen molar-refractivity contribution in [3.8, 4) is 0 Å². The lowest BCUT2D eigenvalue weighted by atomic mass is 10.1. The van der Waals surface area contributed by atoms with Crippen LogP contribution in [0.5, 0.6) is 0 Å². The lowest BCUT2D eigenvalue weighted by molar-refractivity contribution is 0.502. The molecule has 1 N–H and O–H groups in total. The van der Waals surface area contributed by atoms with Crippen molar-refractivity contribution >= 4 is 17.3 Å². The van der Waals surface area contributed by atoms with Crippen LogP contribution in [-0.4, -0.2) is 12.6 Å². The van der Waals surface area contributed by atoms with E-state index in [0.29, 0.717) is 6.04 Å². The first-order chi connectivity index (χ1) is 10.3. The van der Waals surface area contributed by atoms with Crippen molar-refractivity contribution in [2.75, 3.05) is 11.4 Å². The molecule has 0 spiro atoms. The second-order valence-corrected chi connectivity index (χ2v) is 5.99. The van der Waals surface area contributed by atoms with E-state index in [9.17, 15) is 0 Å². The molecule has 0 saturated carbocycles. The fourth-order valence-corrected chi connectivity index (χ4v) is 3.10. The summed E-state index contributed by atoms with van der Waals surface area (Å²) < 4.78 is 0. The van der Waals surface area contributed by atoms with E-state index in [1.165, 1.54) is 16.8 Å². The van der Waals surface area contributed by atoms with Gasteiger partial charge in [0.2, 0.25) is 0 Å². The van der Waals surface area contributed by atoms with Gasteiger partial charge < -0.3 is 10.2 Å². The second kappa shape index (κ2) is 6.50. The molecule has 1 atom stereocenters. The van der Waals surface area contributed by atoms with Crippen LogP contribution in [-0.2, 0) is 13.1 Å². The van der Waals surface area contributed by atoms with Gasteiger partial charge in [-0.25, -0.2) is 0 Å². The van der Waals surface area contributed by atoms with Crippen LogP contribution in [0.3, 0.4) is 0 Å². The smallest absolute Gasteiger partial charge is 0.0455 e. The lowest BCUT2D eigenvalue weighted by Crippen LogP contribution is -2.37. The van der Waals surface area contributed by atoms with Gasteiger partial charge >= 0.3 is 0 Å². The summed E-state index contributed by atoms with van der Waals surface area (Å²) >= 11 is 6.34. The van der Waals surface area contributed by atoms with Gasteiger partial charge in [0, 0.05) is 36.4 Å². The Morgan fingerprint density at radius 2 is 1.90 bits per heavy atom. The fraction of sp³-hybridized carbons (Fsp3) is 0.333. The van der Waals surface area contributed by atoms with E-state index >= 15 is 0 Å². The standard InChI is InChI=1S/C18H21ClN2/c1-2-16-13-21(12-15-8-3-5-9-17(15)19)18-10-6-4-7-14(18)11-20-16/h3-10,16,20H,2,11-13H2,1H3. The summed E-state index contributed by atoms with van der Waals surface area (Å²) in [6.07, 6.45) is 1.13. The summed E-state index contributed by atoms with van der Waals surface area (Å²) in [5.41, 5.74) is 3.87. The van der Waals surface area contributed by atoms with Crippen LogP contribution in [0, 0.1) is 0 Å². The Bertz CT molecular complexity index is 612. The highest BCUT2D eigenvalue weighted by atomic mass is 35.5. The summed E-state index contributed by atoms with van der Waals surface area (Å²) in [7, 11) is 0. The molecule has 3 rings (SSSR count). The fourth-order valence-electron chi connectivity index (χ4n) is 2.91. The molecule has 110 valence electrons. The number of nitrogens with zero attached hydrogens (tertiary/aromatic N) is 1. The Balaban J connectivity index is 1.92. The Morgan fingerprint density at radius 1 is 1.14 bits per heavy atom. The van der Waals surface area contributed by atoms with E-state index in [-0.39, 0.29) is 0 Å². The molecular formula is C18H21ClN2. The Hall–Kier alpha value is -1.51. The predicted octanol–water partition coefficient (Wildman–Crippen LogP) is 4.23. The van der Waals surface area contributed by atoms with Crippen molar-refractivity contribution in [3.05, 3.63) is 64.7 Å². The SMILES string of the molecule is CCC1CN(Cc2ccccc2Cl)c2ccccc2CN1. The van der Waals surface area contributed by atoms with Gasteiger partial charge in [-0.15, -0.1) is 0 Å². The normalized spacial score (nSPS) is 18.2. The average molecular weight is 301 g/mol. The third-order valence-electron chi connectivity index (χ3n) is 4.17. The highest BCUT2D eigenvalue weighted by molar-refractivity contribution is 6.31. The molecule has 3 heteroatoms. The van der Waals surface area contributed by atoms with Crippen molar-refractivity contribution in [2.45, 2.75) is 32.5 Å². The number of hydrogen-bond donors (Lipinski definition) is 1. The summed E-state index contributed by atoms with van der Waals surface area (Å²) in [4.78, 5) is 2.45. The largest absolute Gasteiger partial charge is 0.365 e. The van der Waals surface area contributed by atoms with Crippen molar-refractivity contribution in [3.63, 3.8) is 0 Å². The van der Waals surface area contributed by atoms with E-state index in [1.54, 1.807) is 0 Å². The third-order valence-corrected chi connectivity index (χ3v) is 4.53. The summed E-state index contributed by atoms with van der Waals surface area (Å²) in [6.45, 7) is 5.04. The highest BCUT2D eigenvalue weighted by Crippen LogP contribution is 2.27. The molecule has 0 amide bonds. The van der Waals surface area contributed by atoms with Crippen LogP contribution in [0.25, 0.3) is 0 Å². The van der Waals surface area contributed by atoms with E-state index in [0.717, 1.165) is 31.1 Å². The third kappa shape index (κ3) is 3.22. The van der Waals surface area contributed by atoms with Crippen molar-refractivity contribution in [1.82, 2.24) is 5.32 Å². The van der Waals surface area contributed by atoms with Gasteiger partial charge in [0.05, 0.1) is 0 Å². The summed E-state index contributed by atoms with van der Waals surface area (Å²) in [5.74, 6) is 0. The molecule has 21 heavy (non-hydrogen) atoms. The summed E-state index contributed by atoms with van der Waals surface area (Å²) in [5, 5.41) is 4.49. The van der Waals surface area contributed by atoms with E-state index in [4.69, 9.17) is 11.6 Å². The van der Waals surface area contributed by atoms with Gasteiger partial charge in [-0.3, -0.25) is 0 Å².